The van der Waals surface area contributed by atoms with E-state index in [2.05, 4.69) is 6.92 Å². The second-order valence-electron chi connectivity index (χ2n) is 7.70. The lowest BCUT2D eigenvalue weighted by Crippen LogP contribution is -2.42. The summed E-state index contributed by atoms with van der Waals surface area (Å²) in [7, 11) is 0. The number of esters is 1. The monoisotopic (exact) mass is 262 g/mol. The zero-order valence-electron chi connectivity index (χ0n) is 12.1. The van der Waals surface area contributed by atoms with E-state index in [0.29, 0.717) is 11.8 Å². The number of hydrogen-bond acceptors (Lipinski definition) is 2. The fourth-order valence-electron chi connectivity index (χ4n) is 5.83. The molecule has 106 valence electrons. The van der Waals surface area contributed by atoms with Crippen LogP contribution in [0.15, 0.2) is 0 Å². The van der Waals surface area contributed by atoms with Crippen molar-refractivity contribution in [2.45, 2.75) is 70.3 Å². The minimum Gasteiger partial charge on any atom is -0.459 e. The van der Waals surface area contributed by atoms with Gasteiger partial charge in [-0.25, -0.2) is 0 Å². The molecule has 0 aromatic rings. The molecule has 0 amide bonds. The zero-order valence-corrected chi connectivity index (χ0v) is 12.1. The molecule has 19 heavy (non-hydrogen) atoms. The number of fused-ring (bicyclic) bond motifs is 4. The van der Waals surface area contributed by atoms with Crippen molar-refractivity contribution in [3.63, 3.8) is 0 Å². The number of carbonyl (C=O) groups excluding carboxylic acids is 1. The molecule has 4 saturated carbocycles. The van der Waals surface area contributed by atoms with Crippen molar-refractivity contribution in [3.05, 3.63) is 0 Å². The molecule has 0 aromatic heterocycles. The third kappa shape index (κ3) is 1.78. The number of ether oxygens (including phenoxy) is 1. The van der Waals surface area contributed by atoms with Crippen LogP contribution < -0.4 is 0 Å². The zero-order chi connectivity index (χ0) is 13.0. The SMILES string of the molecule is CCC1(OC(=O)C2CC3CCC2C3)CC2CCC1C2. The Labute approximate surface area is 116 Å². The maximum Gasteiger partial charge on any atom is 0.309 e. The summed E-state index contributed by atoms with van der Waals surface area (Å²) >= 11 is 0. The van der Waals surface area contributed by atoms with Gasteiger partial charge in [0.25, 0.3) is 0 Å². The quantitative estimate of drug-likeness (QED) is 0.720. The summed E-state index contributed by atoms with van der Waals surface area (Å²) in [6.07, 6.45) is 11.2. The van der Waals surface area contributed by atoms with Gasteiger partial charge in [0.1, 0.15) is 5.60 Å². The van der Waals surface area contributed by atoms with Crippen molar-refractivity contribution in [1.29, 1.82) is 0 Å². The van der Waals surface area contributed by atoms with Gasteiger partial charge in [-0.15, -0.1) is 0 Å². The van der Waals surface area contributed by atoms with Gasteiger partial charge in [0.05, 0.1) is 5.92 Å². The largest absolute Gasteiger partial charge is 0.459 e. The van der Waals surface area contributed by atoms with Crippen molar-refractivity contribution >= 4 is 5.97 Å². The van der Waals surface area contributed by atoms with E-state index in [1.54, 1.807) is 0 Å². The summed E-state index contributed by atoms with van der Waals surface area (Å²) in [5.41, 5.74) is -0.0676. The van der Waals surface area contributed by atoms with Gasteiger partial charge >= 0.3 is 5.97 Å². The van der Waals surface area contributed by atoms with Gasteiger partial charge in [-0.2, -0.15) is 0 Å². The van der Waals surface area contributed by atoms with Crippen molar-refractivity contribution in [2.24, 2.45) is 29.6 Å². The first-order valence-corrected chi connectivity index (χ1v) is 8.43. The van der Waals surface area contributed by atoms with Crippen LogP contribution in [0.4, 0.5) is 0 Å². The average molecular weight is 262 g/mol. The summed E-state index contributed by atoms with van der Waals surface area (Å²) in [5.74, 6) is 3.43. The van der Waals surface area contributed by atoms with E-state index >= 15 is 0 Å². The van der Waals surface area contributed by atoms with Crippen molar-refractivity contribution in [1.82, 2.24) is 0 Å². The second-order valence-corrected chi connectivity index (χ2v) is 7.70. The third-order valence-electron chi connectivity index (χ3n) is 6.86. The van der Waals surface area contributed by atoms with Crippen LogP contribution in [0.3, 0.4) is 0 Å². The average Bonchev–Trinajstić information content (AvgIpc) is 3.17. The summed E-state index contributed by atoms with van der Waals surface area (Å²) in [6.45, 7) is 2.22. The minimum atomic E-state index is -0.0676. The topological polar surface area (TPSA) is 26.3 Å². The van der Waals surface area contributed by atoms with Crippen LogP contribution in [0.5, 0.6) is 0 Å². The molecule has 2 nitrogen and oxygen atoms in total. The molecule has 0 spiro atoms. The molecular weight excluding hydrogens is 236 g/mol. The Morgan fingerprint density at radius 1 is 1.11 bits per heavy atom. The lowest BCUT2D eigenvalue weighted by Gasteiger charge is -2.38. The standard InChI is InChI=1S/C17H26O2/c1-2-17(10-12-4-6-14(17)8-12)19-16(18)15-9-11-3-5-13(15)7-11/h11-15H,2-10H2,1H3. The Hall–Kier alpha value is -0.530. The van der Waals surface area contributed by atoms with E-state index in [1.807, 2.05) is 0 Å². The van der Waals surface area contributed by atoms with Gasteiger partial charge < -0.3 is 4.74 Å². The number of rotatable bonds is 3. The van der Waals surface area contributed by atoms with Crippen molar-refractivity contribution < 1.29 is 9.53 Å². The molecule has 4 aliphatic carbocycles. The second kappa shape index (κ2) is 4.23. The Bertz CT molecular complexity index is 391. The number of carbonyl (C=O) groups is 1. The van der Waals surface area contributed by atoms with Crippen LogP contribution >= 0.6 is 0 Å². The fourth-order valence-corrected chi connectivity index (χ4v) is 5.83. The van der Waals surface area contributed by atoms with E-state index < -0.39 is 0 Å². The molecular formula is C17H26O2. The Balaban J connectivity index is 1.47. The molecule has 6 unspecified atom stereocenters. The first-order valence-electron chi connectivity index (χ1n) is 8.43. The normalized spacial score (nSPS) is 50.9. The smallest absolute Gasteiger partial charge is 0.309 e. The van der Waals surface area contributed by atoms with Crippen LogP contribution in [0, 0.1) is 29.6 Å². The maximum atomic E-state index is 12.6. The van der Waals surface area contributed by atoms with Gasteiger partial charge in [0, 0.05) is 0 Å². The molecule has 4 fully saturated rings. The fraction of sp³-hybridized carbons (Fsp3) is 0.941. The molecule has 4 aliphatic rings. The van der Waals surface area contributed by atoms with Crippen molar-refractivity contribution in [2.75, 3.05) is 0 Å². The first kappa shape index (κ1) is 12.2. The Kier molecular flexibility index (Phi) is 2.72. The van der Waals surface area contributed by atoms with Gasteiger partial charge in [-0.05, 0) is 75.0 Å². The van der Waals surface area contributed by atoms with Crippen LogP contribution in [0.1, 0.15) is 64.7 Å². The van der Waals surface area contributed by atoms with E-state index in [1.165, 1.54) is 38.5 Å². The van der Waals surface area contributed by atoms with E-state index in [4.69, 9.17) is 4.74 Å². The molecule has 0 radical (unpaired) electrons. The number of hydrogen-bond donors (Lipinski definition) is 0. The molecule has 0 heterocycles. The maximum absolute atomic E-state index is 12.6. The highest BCUT2D eigenvalue weighted by Gasteiger charge is 2.54. The highest BCUT2D eigenvalue weighted by molar-refractivity contribution is 5.74. The molecule has 4 rings (SSSR count). The van der Waals surface area contributed by atoms with Gasteiger partial charge in [0.15, 0.2) is 0 Å². The summed E-state index contributed by atoms with van der Waals surface area (Å²) in [6, 6.07) is 0. The predicted octanol–water partition coefficient (Wildman–Crippen LogP) is 3.93. The van der Waals surface area contributed by atoms with Crippen LogP contribution in [0.25, 0.3) is 0 Å². The summed E-state index contributed by atoms with van der Waals surface area (Å²) < 4.78 is 6.18. The van der Waals surface area contributed by atoms with Crippen LogP contribution in [-0.2, 0) is 9.53 Å². The molecule has 0 saturated heterocycles. The van der Waals surface area contributed by atoms with E-state index in [-0.39, 0.29) is 17.5 Å². The van der Waals surface area contributed by atoms with Crippen LogP contribution in [-0.4, -0.2) is 11.6 Å². The van der Waals surface area contributed by atoms with Gasteiger partial charge in [-0.1, -0.05) is 13.3 Å². The Morgan fingerprint density at radius 2 is 1.95 bits per heavy atom. The third-order valence-corrected chi connectivity index (χ3v) is 6.86. The van der Waals surface area contributed by atoms with E-state index in [9.17, 15) is 4.79 Å². The van der Waals surface area contributed by atoms with Crippen molar-refractivity contribution in [3.8, 4) is 0 Å². The minimum absolute atomic E-state index is 0.0676. The first-order chi connectivity index (χ1) is 9.20. The highest BCUT2D eigenvalue weighted by Crippen LogP contribution is 2.55. The molecule has 0 aromatic carbocycles. The molecule has 0 aliphatic heterocycles. The lowest BCUT2D eigenvalue weighted by atomic mass is 9.81. The molecule has 2 heteroatoms. The van der Waals surface area contributed by atoms with Gasteiger partial charge in [0.2, 0.25) is 0 Å². The molecule has 6 atom stereocenters. The summed E-state index contributed by atoms with van der Waals surface area (Å²) in [5, 5.41) is 0. The summed E-state index contributed by atoms with van der Waals surface area (Å²) in [4.78, 5) is 12.6. The van der Waals surface area contributed by atoms with Crippen LogP contribution in [0.2, 0.25) is 0 Å². The van der Waals surface area contributed by atoms with E-state index in [0.717, 1.165) is 31.1 Å². The predicted molar refractivity (Wildman–Crippen MR) is 73.5 cm³/mol. The van der Waals surface area contributed by atoms with Gasteiger partial charge in [-0.3, -0.25) is 4.79 Å². The molecule has 4 bridgehead atoms. The molecule has 0 N–H and O–H groups in total. The Morgan fingerprint density at radius 3 is 2.47 bits per heavy atom. The highest BCUT2D eigenvalue weighted by atomic mass is 16.6. The lowest BCUT2D eigenvalue weighted by molar-refractivity contribution is -0.173.